The summed E-state index contributed by atoms with van der Waals surface area (Å²) in [6, 6.07) is 9.06. The van der Waals surface area contributed by atoms with Crippen LogP contribution in [0.2, 0.25) is 0 Å². The van der Waals surface area contributed by atoms with Gasteiger partial charge in [0.2, 0.25) is 5.91 Å². The van der Waals surface area contributed by atoms with E-state index in [4.69, 9.17) is 9.26 Å². The van der Waals surface area contributed by atoms with Crippen LogP contribution in [0.15, 0.2) is 34.9 Å². The fraction of sp³-hybridized carbons (Fsp3) is 0.400. The lowest BCUT2D eigenvalue weighted by Crippen LogP contribution is -2.31. The highest BCUT2D eigenvalue weighted by atomic mass is 32.2. The lowest BCUT2D eigenvalue weighted by Gasteiger charge is -2.15. The second-order valence-electron chi connectivity index (χ2n) is 6.44. The average Bonchev–Trinajstić information content (AvgIpc) is 3.11. The van der Waals surface area contributed by atoms with Crippen LogP contribution in [0.25, 0.3) is 0 Å². The van der Waals surface area contributed by atoms with Crippen molar-refractivity contribution >= 4 is 41.1 Å². The van der Waals surface area contributed by atoms with Gasteiger partial charge in [-0.15, -0.1) is 11.8 Å². The number of aryl methyl sites for hydroxylation is 2. The Morgan fingerprint density at radius 3 is 2.41 bits per heavy atom. The molecule has 2 aromatic rings. The normalized spacial score (nSPS) is 12.7. The summed E-state index contributed by atoms with van der Waals surface area (Å²) in [4.78, 5) is 36.3. The van der Waals surface area contributed by atoms with Gasteiger partial charge in [0.15, 0.2) is 11.9 Å². The molecule has 8 nitrogen and oxygen atoms in total. The number of esters is 1. The molecule has 2 rings (SSSR count). The molecule has 0 unspecified atom stereocenters. The maximum Gasteiger partial charge on any atom is 0.316 e. The number of nitrogens with zero attached hydrogens (tertiary/aromatic N) is 1. The van der Waals surface area contributed by atoms with E-state index in [1.807, 2.05) is 19.1 Å². The van der Waals surface area contributed by atoms with Gasteiger partial charge in [0, 0.05) is 11.8 Å². The summed E-state index contributed by atoms with van der Waals surface area (Å²) in [5, 5.41) is 8.48. The molecular weight excluding hydrogens is 394 g/mol. The van der Waals surface area contributed by atoms with E-state index in [0.717, 1.165) is 23.7 Å². The Balaban J connectivity index is 1.73. The highest BCUT2D eigenvalue weighted by Gasteiger charge is 2.21. The van der Waals surface area contributed by atoms with E-state index in [2.05, 4.69) is 15.8 Å². The Labute approximate surface area is 173 Å². The fourth-order valence-corrected chi connectivity index (χ4v) is 2.94. The van der Waals surface area contributed by atoms with E-state index in [9.17, 15) is 14.4 Å². The number of aromatic nitrogens is 1. The van der Waals surface area contributed by atoms with Gasteiger partial charge in [-0.05, 0) is 44.9 Å². The molecule has 2 amide bonds. The second-order valence-corrected chi connectivity index (χ2v) is 7.77. The van der Waals surface area contributed by atoms with Gasteiger partial charge in [-0.25, -0.2) is 0 Å². The molecule has 156 valence electrons. The third kappa shape index (κ3) is 7.26. The summed E-state index contributed by atoms with van der Waals surface area (Å²) in [6.07, 6.45) is -0.0367. The molecule has 0 saturated carbocycles. The monoisotopic (exact) mass is 419 g/mol. The molecule has 0 saturated heterocycles. The van der Waals surface area contributed by atoms with Crippen LogP contribution in [0.1, 0.15) is 32.1 Å². The van der Waals surface area contributed by atoms with Gasteiger partial charge in [-0.1, -0.05) is 24.2 Å². The minimum atomic E-state index is -0.948. The first-order valence-corrected chi connectivity index (χ1v) is 10.3. The summed E-state index contributed by atoms with van der Waals surface area (Å²) in [5.74, 6) is -0.458. The zero-order valence-corrected chi connectivity index (χ0v) is 17.7. The minimum absolute atomic E-state index is 0.0603. The molecule has 0 aliphatic carbocycles. The van der Waals surface area contributed by atoms with E-state index < -0.39 is 23.2 Å². The molecule has 9 heteroatoms. The minimum Gasteiger partial charge on any atom is -0.452 e. The van der Waals surface area contributed by atoms with Crippen molar-refractivity contribution in [3.8, 4) is 0 Å². The first-order chi connectivity index (χ1) is 13.8. The van der Waals surface area contributed by atoms with Crippen molar-refractivity contribution < 1.29 is 23.6 Å². The summed E-state index contributed by atoms with van der Waals surface area (Å²) in [6.45, 7) is 6.93. The van der Waals surface area contributed by atoms with Crippen molar-refractivity contribution in [2.24, 2.45) is 0 Å². The number of carbonyl (C=O) groups is 3. The van der Waals surface area contributed by atoms with Crippen molar-refractivity contribution in [1.29, 1.82) is 0 Å². The van der Waals surface area contributed by atoms with Crippen molar-refractivity contribution in [2.75, 3.05) is 16.4 Å². The largest absolute Gasteiger partial charge is 0.452 e. The molecule has 0 aliphatic heterocycles. The predicted octanol–water partition coefficient (Wildman–Crippen LogP) is 3.18. The Morgan fingerprint density at radius 2 is 1.83 bits per heavy atom. The summed E-state index contributed by atoms with van der Waals surface area (Å²) < 4.78 is 10.0. The first kappa shape index (κ1) is 22.5. The smallest absolute Gasteiger partial charge is 0.316 e. The SMILES string of the molecule is CCc1ccc(NC(=O)[C@H](C)OC(=O)CS[C@H](C)C(=O)Nc2cc(C)on2)cc1. The van der Waals surface area contributed by atoms with Crippen LogP contribution in [0.4, 0.5) is 11.5 Å². The van der Waals surface area contributed by atoms with Gasteiger partial charge in [0.25, 0.3) is 5.91 Å². The van der Waals surface area contributed by atoms with E-state index >= 15 is 0 Å². The van der Waals surface area contributed by atoms with Gasteiger partial charge in [-0.2, -0.15) is 0 Å². The highest BCUT2D eigenvalue weighted by Crippen LogP contribution is 2.15. The predicted molar refractivity (Wildman–Crippen MR) is 112 cm³/mol. The number of carbonyl (C=O) groups excluding carboxylic acids is 3. The van der Waals surface area contributed by atoms with Crippen LogP contribution < -0.4 is 10.6 Å². The molecule has 1 aromatic heterocycles. The molecule has 0 spiro atoms. The Hall–Kier alpha value is -2.81. The van der Waals surface area contributed by atoms with Crippen molar-refractivity contribution in [2.45, 2.75) is 45.5 Å². The van der Waals surface area contributed by atoms with Crippen LogP contribution in [-0.2, 0) is 25.5 Å². The molecule has 2 N–H and O–H groups in total. The summed E-state index contributed by atoms with van der Waals surface area (Å²) in [5.41, 5.74) is 1.80. The third-order valence-corrected chi connectivity index (χ3v) is 5.12. The average molecular weight is 420 g/mol. The van der Waals surface area contributed by atoms with E-state index in [-0.39, 0.29) is 11.7 Å². The fourth-order valence-electron chi connectivity index (χ4n) is 2.27. The number of benzene rings is 1. The van der Waals surface area contributed by atoms with Crippen molar-refractivity contribution in [1.82, 2.24) is 5.16 Å². The van der Waals surface area contributed by atoms with Crippen LogP contribution >= 0.6 is 11.8 Å². The maximum atomic E-state index is 12.2. The van der Waals surface area contributed by atoms with Gasteiger partial charge >= 0.3 is 5.97 Å². The molecule has 1 aromatic carbocycles. The Kier molecular flexibility index (Phi) is 8.26. The number of nitrogens with one attached hydrogen (secondary N) is 2. The molecule has 0 radical (unpaired) electrons. The second kappa shape index (κ2) is 10.7. The zero-order chi connectivity index (χ0) is 21.4. The quantitative estimate of drug-likeness (QED) is 0.601. The number of anilines is 2. The van der Waals surface area contributed by atoms with Crippen LogP contribution in [0.5, 0.6) is 0 Å². The highest BCUT2D eigenvalue weighted by molar-refractivity contribution is 8.01. The summed E-state index contributed by atoms with van der Waals surface area (Å²) >= 11 is 1.10. The molecule has 2 atom stereocenters. The third-order valence-electron chi connectivity index (χ3n) is 4.01. The lowest BCUT2D eigenvalue weighted by molar-refractivity contribution is -0.150. The van der Waals surface area contributed by atoms with Crippen molar-refractivity contribution in [3.63, 3.8) is 0 Å². The lowest BCUT2D eigenvalue weighted by atomic mass is 10.1. The molecule has 0 aliphatic rings. The number of ether oxygens (including phenoxy) is 1. The molecular formula is C20H25N3O5S. The number of rotatable bonds is 9. The summed E-state index contributed by atoms with van der Waals surface area (Å²) in [7, 11) is 0. The van der Waals surface area contributed by atoms with Gasteiger partial charge in [0.05, 0.1) is 11.0 Å². The van der Waals surface area contributed by atoms with Gasteiger partial charge in [0.1, 0.15) is 5.76 Å². The number of amides is 2. The van der Waals surface area contributed by atoms with Crippen LogP contribution in [-0.4, -0.2) is 40.0 Å². The van der Waals surface area contributed by atoms with Crippen LogP contribution in [0.3, 0.4) is 0 Å². The Bertz CT molecular complexity index is 850. The molecule has 29 heavy (non-hydrogen) atoms. The molecule has 0 bridgehead atoms. The first-order valence-electron chi connectivity index (χ1n) is 9.23. The maximum absolute atomic E-state index is 12.2. The molecule has 1 heterocycles. The van der Waals surface area contributed by atoms with Crippen molar-refractivity contribution in [3.05, 3.63) is 41.7 Å². The molecule has 0 fully saturated rings. The number of hydrogen-bond donors (Lipinski definition) is 2. The Morgan fingerprint density at radius 1 is 1.14 bits per heavy atom. The van der Waals surface area contributed by atoms with Crippen LogP contribution in [0, 0.1) is 6.92 Å². The van der Waals surface area contributed by atoms with E-state index in [1.54, 1.807) is 32.0 Å². The van der Waals surface area contributed by atoms with E-state index in [1.165, 1.54) is 6.92 Å². The van der Waals surface area contributed by atoms with Gasteiger partial charge in [-0.3, -0.25) is 14.4 Å². The topological polar surface area (TPSA) is 111 Å². The number of hydrogen-bond acceptors (Lipinski definition) is 7. The van der Waals surface area contributed by atoms with E-state index in [0.29, 0.717) is 17.3 Å². The van der Waals surface area contributed by atoms with Gasteiger partial charge < -0.3 is 19.9 Å². The number of thioether (sulfide) groups is 1. The standard InChI is InChI=1S/C20H25N3O5S/c1-5-15-6-8-16(9-7-15)21-19(25)13(3)27-18(24)11-29-14(4)20(26)22-17-10-12(2)28-23-17/h6-10,13-14H,5,11H2,1-4H3,(H,21,25)(H,22,23,26)/t13-,14+/m0/s1. The zero-order valence-electron chi connectivity index (χ0n) is 16.9.